The molecule has 0 rings (SSSR count). The van der Waals surface area contributed by atoms with E-state index in [4.69, 9.17) is 35.7 Å². The summed E-state index contributed by atoms with van der Waals surface area (Å²) in [6, 6.07) is 0. The molecule has 0 aliphatic carbocycles. The zero-order chi connectivity index (χ0) is 18.1. The Hall–Kier alpha value is -2.24. The number of carbonyl (C=O) groups is 4. The van der Waals surface area contributed by atoms with E-state index in [2.05, 4.69) is 0 Å². The fourth-order valence-electron chi connectivity index (χ4n) is 0.485. The van der Waals surface area contributed by atoms with Crippen LogP contribution in [0.5, 0.6) is 0 Å². The quantitative estimate of drug-likeness (QED) is 0.264. The Morgan fingerprint density at radius 1 is 0.591 bits per heavy atom. The highest BCUT2D eigenvalue weighted by Gasteiger charge is 2.01. The second kappa shape index (κ2) is 16.8. The number of rotatable bonds is 8. The molecule has 0 radical (unpaired) electrons. The number of hydrogen-bond donors (Lipinski definition) is 7. The minimum atomic E-state index is -1.08. The van der Waals surface area contributed by atoms with E-state index in [-0.39, 0.29) is 38.9 Å². The van der Waals surface area contributed by atoms with Crippen LogP contribution in [0.1, 0.15) is 25.7 Å². The molecule has 11 nitrogen and oxygen atoms in total. The van der Waals surface area contributed by atoms with Crippen LogP contribution in [0.25, 0.3) is 0 Å². The van der Waals surface area contributed by atoms with Crippen LogP contribution in [0.4, 0.5) is 0 Å². The minimum Gasteiger partial charge on any atom is -0.481 e. The molecule has 0 heterocycles. The van der Waals surface area contributed by atoms with E-state index in [1.807, 2.05) is 0 Å². The zero-order valence-corrected chi connectivity index (χ0v) is 11.6. The van der Waals surface area contributed by atoms with E-state index in [0.29, 0.717) is 0 Å². The van der Waals surface area contributed by atoms with E-state index in [9.17, 15) is 19.2 Å². The van der Waals surface area contributed by atoms with Gasteiger partial charge in [0.1, 0.15) is 6.10 Å². The summed E-state index contributed by atoms with van der Waals surface area (Å²) in [5, 5.41) is 55.6. The fraction of sp³-hybridized carbons (Fsp3) is 0.636. The average molecular weight is 328 g/mol. The van der Waals surface area contributed by atoms with Gasteiger partial charge in [-0.3, -0.25) is 19.2 Å². The van der Waals surface area contributed by atoms with Gasteiger partial charge in [0, 0.05) is 0 Å². The van der Waals surface area contributed by atoms with Crippen molar-refractivity contribution >= 4 is 23.9 Å². The van der Waals surface area contributed by atoms with Gasteiger partial charge >= 0.3 is 23.9 Å². The third-order valence-corrected chi connectivity index (χ3v) is 1.53. The van der Waals surface area contributed by atoms with E-state index < -0.39 is 30.0 Å². The standard InChI is InChI=1S/2C4H6O4.C3H8O3/c2*5-3(6)1-2-4(7)8;4-1-3(6)2-5/h2*1-2H2,(H,5,6)(H,7,8);3-6H,1-2H2. The van der Waals surface area contributed by atoms with Crippen LogP contribution in [-0.2, 0) is 19.2 Å². The van der Waals surface area contributed by atoms with Gasteiger partial charge in [-0.1, -0.05) is 0 Å². The van der Waals surface area contributed by atoms with Gasteiger partial charge < -0.3 is 35.7 Å². The second-order valence-corrected chi connectivity index (χ2v) is 3.59. The van der Waals surface area contributed by atoms with Crippen LogP contribution in [-0.4, -0.2) is 78.9 Å². The molecule has 0 spiro atoms. The molecule has 0 aromatic heterocycles. The van der Waals surface area contributed by atoms with Crippen LogP contribution in [0.2, 0.25) is 0 Å². The van der Waals surface area contributed by atoms with Gasteiger partial charge in [0.2, 0.25) is 0 Å². The highest BCUT2D eigenvalue weighted by atomic mass is 16.4. The lowest BCUT2D eigenvalue weighted by Crippen LogP contribution is -2.15. The van der Waals surface area contributed by atoms with Crippen molar-refractivity contribution in [2.45, 2.75) is 31.8 Å². The summed E-state index contributed by atoms with van der Waals surface area (Å²) in [6.45, 7) is -0.729. The predicted octanol–water partition coefficient (Wildman–Crippen LogP) is -1.80. The SMILES string of the molecule is O=C(O)CCC(=O)O.O=C(O)CCC(=O)O.OCC(O)CO. The van der Waals surface area contributed by atoms with Gasteiger partial charge in [-0.2, -0.15) is 0 Å². The molecule has 0 amide bonds. The Labute approximate surface area is 125 Å². The fourth-order valence-corrected chi connectivity index (χ4v) is 0.485. The van der Waals surface area contributed by atoms with E-state index in [1.54, 1.807) is 0 Å². The third kappa shape index (κ3) is 36.1. The van der Waals surface area contributed by atoms with E-state index in [1.165, 1.54) is 0 Å². The summed E-state index contributed by atoms with van der Waals surface area (Å²) < 4.78 is 0. The van der Waals surface area contributed by atoms with Crippen LogP contribution < -0.4 is 0 Å². The second-order valence-electron chi connectivity index (χ2n) is 3.59. The molecule has 0 unspecified atom stereocenters. The van der Waals surface area contributed by atoms with Gasteiger partial charge in [-0.25, -0.2) is 0 Å². The molecule has 0 saturated carbocycles. The Morgan fingerprint density at radius 3 is 0.818 bits per heavy atom. The lowest BCUT2D eigenvalue weighted by molar-refractivity contribution is -0.143. The topological polar surface area (TPSA) is 210 Å². The maximum atomic E-state index is 9.64. The van der Waals surface area contributed by atoms with Gasteiger partial charge in [0.15, 0.2) is 0 Å². The number of carboxylic acid groups (broad SMARTS) is 4. The highest BCUT2D eigenvalue weighted by molar-refractivity contribution is 5.75. The number of carboxylic acids is 4. The summed E-state index contributed by atoms with van der Waals surface area (Å²) in [5.41, 5.74) is 0. The average Bonchev–Trinajstić information content (AvgIpc) is 2.43. The molecule has 0 aliphatic heterocycles. The first kappa shape index (κ1) is 24.8. The number of aliphatic hydroxyl groups is 3. The monoisotopic (exact) mass is 328 g/mol. The molecular formula is C11H20O11. The van der Waals surface area contributed by atoms with Gasteiger partial charge in [0.05, 0.1) is 38.9 Å². The smallest absolute Gasteiger partial charge is 0.303 e. The Kier molecular flexibility index (Phi) is 18.9. The van der Waals surface area contributed by atoms with Crippen LogP contribution >= 0.6 is 0 Å². The van der Waals surface area contributed by atoms with Gasteiger partial charge in [-0.05, 0) is 0 Å². The van der Waals surface area contributed by atoms with Gasteiger partial charge in [-0.15, -0.1) is 0 Å². The maximum absolute atomic E-state index is 9.64. The molecular weight excluding hydrogens is 308 g/mol. The number of hydrogen-bond acceptors (Lipinski definition) is 7. The number of aliphatic carboxylic acids is 4. The third-order valence-electron chi connectivity index (χ3n) is 1.53. The maximum Gasteiger partial charge on any atom is 0.303 e. The van der Waals surface area contributed by atoms with Crippen molar-refractivity contribution in [3.63, 3.8) is 0 Å². The lowest BCUT2D eigenvalue weighted by atomic mass is 10.3. The van der Waals surface area contributed by atoms with Crippen LogP contribution in [0, 0.1) is 0 Å². The summed E-state index contributed by atoms with van der Waals surface area (Å²) in [7, 11) is 0. The first-order valence-corrected chi connectivity index (χ1v) is 5.83. The molecule has 130 valence electrons. The summed E-state index contributed by atoms with van der Waals surface area (Å²) >= 11 is 0. The molecule has 0 saturated heterocycles. The van der Waals surface area contributed by atoms with Crippen LogP contribution in [0.15, 0.2) is 0 Å². The first-order valence-electron chi connectivity index (χ1n) is 5.83. The first-order chi connectivity index (χ1) is 10.1. The summed E-state index contributed by atoms with van der Waals surface area (Å²) in [6.07, 6.45) is -2.14. The Balaban J connectivity index is -0.000000249. The van der Waals surface area contributed by atoms with Crippen molar-refractivity contribution in [3.8, 4) is 0 Å². The van der Waals surface area contributed by atoms with E-state index >= 15 is 0 Å². The summed E-state index contributed by atoms with van der Waals surface area (Å²) in [5.74, 6) is -4.31. The molecule has 0 bridgehead atoms. The van der Waals surface area contributed by atoms with Crippen molar-refractivity contribution in [3.05, 3.63) is 0 Å². The van der Waals surface area contributed by atoms with Crippen molar-refractivity contribution in [2.24, 2.45) is 0 Å². The zero-order valence-electron chi connectivity index (χ0n) is 11.6. The molecule has 7 N–H and O–H groups in total. The van der Waals surface area contributed by atoms with E-state index in [0.717, 1.165) is 0 Å². The Bertz CT molecular complexity index is 279. The normalized spacial score (nSPS) is 8.91. The van der Waals surface area contributed by atoms with Crippen molar-refractivity contribution in [1.29, 1.82) is 0 Å². The van der Waals surface area contributed by atoms with Crippen molar-refractivity contribution in [1.82, 2.24) is 0 Å². The molecule has 0 aromatic carbocycles. The van der Waals surface area contributed by atoms with Gasteiger partial charge in [0.25, 0.3) is 0 Å². The minimum absolute atomic E-state index is 0.296. The van der Waals surface area contributed by atoms with Crippen LogP contribution in [0.3, 0.4) is 0 Å². The summed E-state index contributed by atoms with van der Waals surface area (Å²) in [4.78, 5) is 38.6. The highest BCUT2D eigenvalue weighted by Crippen LogP contribution is 1.86. The van der Waals surface area contributed by atoms with Crippen molar-refractivity contribution < 1.29 is 54.9 Å². The molecule has 0 aliphatic rings. The molecule has 0 atom stereocenters. The van der Waals surface area contributed by atoms with Crippen molar-refractivity contribution in [2.75, 3.05) is 13.2 Å². The number of aliphatic hydroxyl groups excluding tert-OH is 3. The largest absolute Gasteiger partial charge is 0.481 e. The lowest BCUT2D eigenvalue weighted by Gasteiger charge is -1.96. The predicted molar refractivity (Wildman–Crippen MR) is 69.2 cm³/mol. The molecule has 0 fully saturated rings. The molecule has 22 heavy (non-hydrogen) atoms. The molecule has 11 heteroatoms. The molecule has 0 aromatic rings. The Morgan fingerprint density at radius 2 is 0.773 bits per heavy atom.